The van der Waals surface area contributed by atoms with E-state index in [0.29, 0.717) is 6.42 Å². The molecule has 0 aliphatic heterocycles. The Balaban J connectivity index is 1.87. The maximum absolute atomic E-state index is 12.8. The summed E-state index contributed by atoms with van der Waals surface area (Å²) in [5, 5.41) is 0. The highest BCUT2D eigenvalue weighted by molar-refractivity contribution is 7.87. The van der Waals surface area contributed by atoms with Crippen molar-refractivity contribution in [2.75, 3.05) is 6.54 Å². The average molecular weight is 482 g/mol. The third-order valence-electron chi connectivity index (χ3n) is 5.52. The summed E-state index contributed by atoms with van der Waals surface area (Å²) in [5.41, 5.74) is 8.89. The Labute approximate surface area is 201 Å². The number of hydrogen-bond acceptors (Lipinski definition) is 6. The smallest absolute Gasteiger partial charge is 0.339 e. The summed E-state index contributed by atoms with van der Waals surface area (Å²) in [5.74, 6) is -0.954. The molecule has 0 saturated carbocycles. The van der Waals surface area contributed by atoms with Gasteiger partial charge >= 0.3 is 16.1 Å². The van der Waals surface area contributed by atoms with E-state index in [-0.39, 0.29) is 35.2 Å². The van der Waals surface area contributed by atoms with E-state index in [9.17, 15) is 13.2 Å². The van der Waals surface area contributed by atoms with E-state index >= 15 is 0 Å². The van der Waals surface area contributed by atoms with E-state index in [1.807, 2.05) is 37.3 Å². The number of carbonyl (C=O) groups excluding carboxylic acids is 1. The Kier molecular flexibility index (Phi) is 8.47. The van der Waals surface area contributed by atoms with Crippen LogP contribution in [0.15, 0.2) is 83.8 Å². The number of rotatable bonds is 10. The molecule has 3 rings (SSSR count). The van der Waals surface area contributed by atoms with Gasteiger partial charge < -0.3 is 14.7 Å². The molecule has 3 aromatic carbocycles. The SMILES string of the molecule is Cc1ccc(S(=O)(=O)Oc2ccc(C(Cc3ccccc3)C(CN)C(=O)OC(C)C)cc2)cc1. The lowest BCUT2D eigenvalue weighted by Crippen LogP contribution is -2.33. The molecule has 0 aliphatic rings. The zero-order valence-electron chi connectivity index (χ0n) is 19.7. The molecule has 0 bridgehead atoms. The molecule has 0 aliphatic carbocycles. The number of aryl methyl sites for hydroxylation is 1. The molecule has 0 heterocycles. The van der Waals surface area contributed by atoms with Crippen LogP contribution < -0.4 is 9.92 Å². The van der Waals surface area contributed by atoms with Gasteiger partial charge in [0.2, 0.25) is 0 Å². The van der Waals surface area contributed by atoms with Crippen LogP contribution >= 0.6 is 0 Å². The van der Waals surface area contributed by atoms with Gasteiger partial charge in [0.15, 0.2) is 0 Å². The monoisotopic (exact) mass is 481 g/mol. The van der Waals surface area contributed by atoms with Gasteiger partial charge in [-0.15, -0.1) is 0 Å². The van der Waals surface area contributed by atoms with Crippen molar-refractivity contribution in [2.24, 2.45) is 11.7 Å². The van der Waals surface area contributed by atoms with Crippen molar-refractivity contribution < 1.29 is 22.1 Å². The van der Waals surface area contributed by atoms with Crippen molar-refractivity contribution in [3.63, 3.8) is 0 Å². The fourth-order valence-electron chi connectivity index (χ4n) is 3.76. The van der Waals surface area contributed by atoms with Crippen LogP contribution in [0.3, 0.4) is 0 Å². The van der Waals surface area contributed by atoms with Gasteiger partial charge in [0.1, 0.15) is 10.6 Å². The van der Waals surface area contributed by atoms with E-state index in [2.05, 4.69) is 0 Å². The second-order valence-electron chi connectivity index (χ2n) is 8.54. The third kappa shape index (κ3) is 6.68. The minimum absolute atomic E-state index is 0.0868. The summed E-state index contributed by atoms with van der Waals surface area (Å²) in [6.45, 7) is 5.62. The first-order chi connectivity index (χ1) is 16.2. The van der Waals surface area contributed by atoms with E-state index < -0.39 is 16.0 Å². The second-order valence-corrected chi connectivity index (χ2v) is 10.1. The molecular formula is C27H31NO5S. The zero-order valence-corrected chi connectivity index (χ0v) is 20.5. The topological polar surface area (TPSA) is 95.7 Å². The molecule has 0 radical (unpaired) electrons. The molecular weight excluding hydrogens is 450 g/mol. The Morgan fingerprint density at radius 2 is 1.53 bits per heavy atom. The first-order valence-electron chi connectivity index (χ1n) is 11.2. The lowest BCUT2D eigenvalue weighted by Gasteiger charge is -2.26. The summed E-state index contributed by atoms with van der Waals surface area (Å²) in [4.78, 5) is 12.9. The van der Waals surface area contributed by atoms with Crippen LogP contribution in [-0.2, 0) is 26.1 Å². The third-order valence-corrected chi connectivity index (χ3v) is 6.78. The van der Waals surface area contributed by atoms with Crippen LogP contribution in [0.1, 0.15) is 36.5 Å². The largest absolute Gasteiger partial charge is 0.463 e. The maximum atomic E-state index is 12.8. The molecule has 0 saturated heterocycles. The first-order valence-corrected chi connectivity index (χ1v) is 12.7. The van der Waals surface area contributed by atoms with Gasteiger partial charge in [0, 0.05) is 12.5 Å². The predicted octanol–water partition coefficient (Wildman–Crippen LogP) is 4.62. The van der Waals surface area contributed by atoms with Gasteiger partial charge in [-0.05, 0) is 62.6 Å². The molecule has 0 spiro atoms. The van der Waals surface area contributed by atoms with Crippen LogP contribution in [0.4, 0.5) is 0 Å². The van der Waals surface area contributed by atoms with Crippen molar-refractivity contribution in [1.82, 2.24) is 0 Å². The molecule has 3 aromatic rings. The highest BCUT2D eigenvalue weighted by atomic mass is 32.2. The molecule has 180 valence electrons. The van der Waals surface area contributed by atoms with E-state index in [4.69, 9.17) is 14.7 Å². The van der Waals surface area contributed by atoms with Crippen molar-refractivity contribution in [1.29, 1.82) is 0 Å². The summed E-state index contributed by atoms with van der Waals surface area (Å²) in [6.07, 6.45) is 0.333. The zero-order chi connectivity index (χ0) is 24.7. The second kappa shape index (κ2) is 11.3. The Morgan fingerprint density at radius 1 is 0.912 bits per heavy atom. The molecule has 6 nitrogen and oxygen atoms in total. The van der Waals surface area contributed by atoms with Crippen LogP contribution in [0, 0.1) is 12.8 Å². The molecule has 34 heavy (non-hydrogen) atoms. The predicted molar refractivity (Wildman–Crippen MR) is 132 cm³/mol. The van der Waals surface area contributed by atoms with Gasteiger partial charge in [-0.2, -0.15) is 8.42 Å². The number of esters is 1. The van der Waals surface area contributed by atoms with Gasteiger partial charge in [-0.1, -0.05) is 60.2 Å². The molecule has 0 fully saturated rings. The van der Waals surface area contributed by atoms with Gasteiger partial charge in [0.25, 0.3) is 0 Å². The van der Waals surface area contributed by atoms with Crippen LogP contribution in [-0.4, -0.2) is 27.0 Å². The van der Waals surface area contributed by atoms with Crippen molar-refractivity contribution >= 4 is 16.1 Å². The normalized spacial score (nSPS) is 13.3. The van der Waals surface area contributed by atoms with E-state index in [1.54, 1.807) is 50.2 Å². The fourth-order valence-corrected chi connectivity index (χ4v) is 4.69. The lowest BCUT2D eigenvalue weighted by molar-refractivity contribution is -0.152. The number of ether oxygens (including phenoxy) is 1. The Morgan fingerprint density at radius 3 is 2.09 bits per heavy atom. The van der Waals surface area contributed by atoms with Crippen molar-refractivity contribution in [2.45, 2.75) is 44.1 Å². The van der Waals surface area contributed by atoms with Crippen molar-refractivity contribution in [3.05, 3.63) is 95.6 Å². The van der Waals surface area contributed by atoms with Crippen LogP contribution in [0.2, 0.25) is 0 Å². The number of carbonyl (C=O) groups is 1. The summed E-state index contributed by atoms with van der Waals surface area (Å²) >= 11 is 0. The quantitative estimate of drug-likeness (QED) is 0.335. The molecule has 2 unspecified atom stereocenters. The van der Waals surface area contributed by atoms with E-state index in [1.165, 1.54) is 12.1 Å². The number of nitrogens with two attached hydrogens (primary N) is 1. The average Bonchev–Trinajstić information content (AvgIpc) is 2.80. The van der Waals surface area contributed by atoms with Gasteiger partial charge in [-0.25, -0.2) is 0 Å². The minimum Gasteiger partial charge on any atom is -0.463 e. The van der Waals surface area contributed by atoms with Crippen LogP contribution in [0.25, 0.3) is 0 Å². The van der Waals surface area contributed by atoms with Gasteiger partial charge in [0.05, 0.1) is 12.0 Å². The molecule has 2 N–H and O–H groups in total. The van der Waals surface area contributed by atoms with E-state index in [0.717, 1.165) is 16.7 Å². The van der Waals surface area contributed by atoms with Crippen molar-refractivity contribution in [3.8, 4) is 5.75 Å². The highest BCUT2D eigenvalue weighted by Gasteiger charge is 2.31. The molecule has 2 atom stereocenters. The summed E-state index contributed by atoms with van der Waals surface area (Å²) in [7, 11) is -3.95. The Bertz CT molecular complexity index is 1170. The Hall–Kier alpha value is -3.16. The molecule has 0 amide bonds. The highest BCUT2D eigenvalue weighted by Crippen LogP contribution is 2.31. The number of hydrogen-bond donors (Lipinski definition) is 1. The lowest BCUT2D eigenvalue weighted by atomic mass is 9.81. The standard InChI is InChI=1S/C27H31NO5S/c1-19(2)32-27(29)26(18-28)25(17-21-7-5-4-6-8-21)22-11-13-23(14-12-22)33-34(30,31)24-15-9-20(3)10-16-24/h4-16,19,25-26H,17-18,28H2,1-3H3. The fraction of sp³-hybridized carbons (Fsp3) is 0.296. The first kappa shape index (κ1) is 25.5. The summed E-state index contributed by atoms with van der Waals surface area (Å²) in [6, 6.07) is 23.0. The molecule has 7 heteroatoms. The van der Waals surface area contributed by atoms with Gasteiger partial charge in [-0.3, -0.25) is 4.79 Å². The number of benzene rings is 3. The minimum atomic E-state index is -3.95. The summed E-state index contributed by atoms with van der Waals surface area (Å²) < 4.78 is 36.0. The van der Waals surface area contributed by atoms with Crippen LogP contribution in [0.5, 0.6) is 5.75 Å². The maximum Gasteiger partial charge on any atom is 0.339 e. The molecule has 0 aromatic heterocycles.